The molecule has 0 amide bonds. The summed E-state index contributed by atoms with van der Waals surface area (Å²) in [6.07, 6.45) is 1.54. The van der Waals surface area contributed by atoms with E-state index in [1.807, 2.05) is 30.3 Å². The molecule has 5 aromatic rings. The molecule has 0 unspecified atom stereocenters. The van der Waals surface area contributed by atoms with Crippen LogP contribution in [-0.4, -0.2) is 12.6 Å². The number of benzene rings is 5. The first-order valence-corrected chi connectivity index (χ1v) is 7.85. The molecular weight excluding hydrogens is 296 g/mol. The predicted octanol–water partition coefficient (Wildman–Crippen LogP) is 5.36. The van der Waals surface area contributed by atoms with E-state index in [0.29, 0.717) is 11.1 Å². The Balaban J connectivity index is 2.15. The minimum atomic E-state index is 0.445. The minimum Gasteiger partial charge on any atom is -0.298 e. The van der Waals surface area contributed by atoms with Crippen molar-refractivity contribution in [3.8, 4) is 0 Å². The fourth-order valence-electron chi connectivity index (χ4n) is 3.90. The lowest BCUT2D eigenvalue weighted by molar-refractivity contribution is 0.109. The Hall–Kier alpha value is -3.26. The van der Waals surface area contributed by atoms with E-state index in [1.165, 1.54) is 16.2 Å². The van der Waals surface area contributed by atoms with Gasteiger partial charge in [0.2, 0.25) is 0 Å². The number of aldehydes is 2. The molecule has 0 N–H and O–H groups in total. The van der Waals surface area contributed by atoms with Crippen molar-refractivity contribution in [1.29, 1.82) is 0 Å². The highest BCUT2D eigenvalue weighted by atomic mass is 16.1. The van der Waals surface area contributed by atoms with Gasteiger partial charge in [-0.25, -0.2) is 0 Å². The zero-order valence-corrected chi connectivity index (χ0v) is 12.7. The van der Waals surface area contributed by atoms with Gasteiger partial charge in [0.05, 0.1) is 0 Å². The molecule has 2 nitrogen and oxygen atoms in total. The zero-order chi connectivity index (χ0) is 16.3. The molecule has 5 rings (SSSR count). The van der Waals surface area contributed by atoms with Crippen LogP contribution in [0.15, 0.2) is 60.7 Å². The summed E-state index contributed by atoms with van der Waals surface area (Å²) in [6.45, 7) is 0. The van der Waals surface area contributed by atoms with E-state index in [4.69, 9.17) is 0 Å². The Morgan fingerprint density at radius 3 is 2.08 bits per heavy atom. The summed E-state index contributed by atoms with van der Waals surface area (Å²) >= 11 is 0. The van der Waals surface area contributed by atoms with Crippen molar-refractivity contribution < 1.29 is 9.59 Å². The summed E-state index contributed by atoms with van der Waals surface area (Å²) in [5.41, 5.74) is 0.917. The predicted molar refractivity (Wildman–Crippen MR) is 98.4 cm³/mol. The maximum absolute atomic E-state index is 11.6. The summed E-state index contributed by atoms with van der Waals surface area (Å²) in [7, 11) is 0. The van der Waals surface area contributed by atoms with E-state index in [0.717, 1.165) is 39.5 Å². The SMILES string of the molecule is O=Cc1cc2ccc3cc4ccccc4c4ccc(c1C=O)c2c34. The third-order valence-electron chi connectivity index (χ3n) is 4.94. The van der Waals surface area contributed by atoms with Gasteiger partial charge in [-0.3, -0.25) is 9.59 Å². The topological polar surface area (TPSA) is 34.1 Å². The normalized spacial score (nSPS) is 11.7. The van der Waals surface area contributed by atoms with Crippen LogP contribution >= 0.6 is 0 Å². The third kappa shape index (κ3) is 1.55. The highest BCUT2D eigenvalue weighted by molar-refractivity contribution is 6.31. The average molecular weight is 308 g/mol. The van der Waals surface area contributed by atoms with Crippen molar-refractivity contribution in [2.45, 2.75) is 0 Å². The second-order valence-corrected chi connectivity index (χ2v) is 6.14. The van der Waals surface area contributed by atoms with Crippen LogP contribution in [0, 0.1) is 0 Å². The third-order valence-corrected chi connectivity index (χ3v) is 4.94. The molecular formula is C22H12O2. The van der Waals surface area contributed by atoms with E-state index < -0.39 is 0 Å². The first kappa shape index (κ1) is 13.2. The second-order valence-electron chi connectivity index (χ2n) is 6.14. The summed E-state index contributed by atoms with van der Waals surface area (Å²) in [5, 5.41) is 8.78. The molecule has 0 atom stereocenters. The number of carbonyl (C=O) groups is 2. The van der Waals surface area contributed by atoms with Gasteiger partial charge in [-0.15, -0.1) is 0 Å². The number of rotatable bonds is 2. The molecule has 0 saturated carbocycles. The Labute approximate surface area is 137 Å². The number of fused-ring (bicyclic) bond motifs is 2. The van der Waals surface area contributed by atoms with Crippen LogP contribution in [0.2, 0.25) is 0 Å². The molecule has 0 heterocycles. The largest absolute Gasteiger partial charge is 0.298 e. The van der Waals surface area contributed by atoms with Gasteiger partial charge in [-0.1, -0.05) is 48.5 Å². The van der Waals surface area contributed by atoms with Crippen molar-refractivity contribution >= 4 is 55.7 Å². The fraction of sp³-hybridized carbons (Fsp3) is 0. The Morgan fingerprint density at radius 2 is 1.29 bits per heavy atom. The van der Waals surface area contributed by atoms with Gasteiger partial charge in [0.25, 0.3) is 0 Å². The van der Waals surface area contributed by atoms with E-state index in [1.54, 1.807) is 0 Å². The second kappa shape index (κ2) is 4.62. The first-order chi connectivity index (χ1) is 11.8. The van der Waals surface area contributed by atoms with Gasteiger partial charge in [-0.05, 0) is 55.2 Å². The molecule has 0 aliphatic rings. The fourth-order valence-corrected chi connectivity index (χ4v) is 3.90. The van der Waals surface area contributed by atoms with Crippen LogP contribution in [0.4, 0.5) is 0 Å². The van der Waals surface area contributed by atoms with Crippen LogP contribution in [-0.2, 0) is 0 Å². The van der Waals surface area contributed by atoms with Gasteiger partial charge in [0.1, 0.15) is 0 Å². The van der Waals surface area contributed by atoms with E-state index in [2.05, 4.69) is 30.3 Å². The molecule has 0 aromatic heterocycles. The van der Waals surface area contributed by atoms with E-state index in [-0.39, 0.29) is 0 Å². The molecule has 24 heavy (non-hydrogen) atoms. The quantitative estimate of drug-likeness (QED) is 0.250. The lowest BCUT2D eigenvalue weighted by atomic mass is 9.88. The van der Waals surface area contributed by atoms with Crippen LogP contribution in [0.5, 0.6) is 0 Å². The molecule has 2 heteroatoms. The molecule has 0 aliphatic heterocycles. The molecule has 0 aliphatic carbocycles. The zero-order valence-electron chi connectivity index (χ0n) is 12.7. The molecule has 0 spiro atoms. The first-order valence-electron chi connectivity index (χ1n) is 7.85. The van der Waals surface area contributed by atoms with Gasteiger partial charge in [0.15, 0.2) is 12.6 Å². The number of hydrogen-bond donors (Lipinski definition) is 0. The summed E-state index contributed by atoms with van der Waals surface area (Å²) in [4.78, 5) is 23.0. The maximum atomic E-state index is 11.6. The van der Waals surface area contributed by atoms with Crippen molar-refractivity contribution in [3.05, 3.63) is 71.8 Å². The highest BCUT2D eigenvalue weighted by Crippen LogP contribution is 2.39. The minimum absolute atomic E-state index is 0.445. The summed E-state index contributed by atoms with van der Waals surface area (Å²) in [6, 6.07) is 20.5. The maximum Gasteiger partial charge on any atom is 0.151 e. The lowest BCUT2D eigenvalue weighted by Gasteiger charge is -2.15. The number of hydrogen-bond acceptors (Lipinski definition) is 2. The average Bonchev–Trinajstić information content (AvgIpc) is 2.64. The van der Waals surface area contributed by atoms with Crippen LogP contribution in [0.25, 0.3) is 43.1 Å². The molecule has 112 valence electrons. The van der Waals surface area contributed by atoms with Gasteiger partial charge in [-0.2, -0.15) is 0 Å². The molecule has 0 bridgehead atoms. The van der Waals surface area contributed by atoms with Crippen LogP contribution in [0.3, 0.4) is 0 Å². The summed E-state index contributed by atoms with van der Waals surface area (Å²) < 4.78 is 0. The van der Waals surface area contributed by atoms with Gasteiger partial charge < -0.3 is 0 Å². The van der Waals surface area contributed by atoms with E-state index >= 15 is 0 Å². The molecule has 0 saturated heterocycles. The van der Waals surface area contributed by atoms with Crippen molar-refractivity contribution in [1.82, 2.24) is 0 Å². The Morgan fingerprint density at radius 1 is 0.583 bits per heavy atom. The van der Waals surface area contributed by atoms with Gasteiger partial charge >= 0.3 is 0 Å². The van der Waals surface area contributed by atoms with Crippen LogP contribution in [0.1, 0.15) is 20.7 Å². The number of carbonyl (C=O) groups excluding carboxylic acids is 2. The molecule has 5 aromatic carbocycles. The standard InChI is InChI=1S/C22H12O2/c23-11-16-10-15-6-5-14-9-13-3-1-2-4-17(13)18-7-8-19(20(16)12-24)22(15)21(14)18/h1-12H. The summed E-state index contributed by atoms with van der Waals surface area (Å²) in [5.74, 6) is 0. The van der Waals surface area contributed by atoms with Crippen LogP contribution < -0.4 is 0 Å². The Kier molecular flexibility index (Phi) is 2.54. The molecule has 0 radical (unpaired) electrons. The lowest BCUT2D eigenvalue weighted by Crippen LogP contribution is -1.95. The van der Waals surface area contributed by atoms with E-state index in [9.17, 15) is 9.59 Å². The van der Waals surface area contributed by atoms with Crippen molar-refractivity contribution in [3.63, 3.8) is 0 Å². The smallest absolute Gasteiger partial charge is 0.151 e. The van der Waals surface area contributed by atoms with Crippen molar-refractivity contribution in [2.24, 2.45) is 0 Å². The van der Waals surface area contributed by atoms with Gasteiger partial charge in [0, 0.05) is 11.1 Å². The molecule has 0 fully saturated rings. The Bertz CT molecular complexity index is 1280. The highest BCUT2D eigenvalue weighted by Gasteiger charge is 2.15. The monoisotopic (exact) mass is 308 g/mol. The van der Waals surface area contributed by atoms with Crippen molar-refractivity contribution in [2.75, 3.05) is 0 Å².